The van der Waals surface area contributed by atoms with E-state index in [1.165, 1.54) is 19.1 Å². The number of fused-ring (bicyclic) bond motifs is 5. The zero-order chi connectivity index (χ0) is 33.6. The van der Waals surface area contributed by atoms with Crippen molar-refractivity contribution >= 4 is 34.4 Å². The van der Waals surface area contributed by atoms with Gasteiger partial charge >= 0.3 is 5.97 Å². The van der Waals surface area contributed by atoms with Crippen LogP contribution in [0.2, 0.25) is 0 Å². The number of hydrogen-bond acceptors (Lipinski definition) is 7. The van der Waals surface area contributed by atoms with Crippen molar-refractivity contribution in [3.8, 4) is 0 Å². The Morgan fingerprint density at radius 3 is 2.33 bits per heavy atom. The number of Topliss-reactive ketones (excluding diaryl/α,β-unsaturated/α-hetero) is 1. The quantitative estimate of drug-likeness (QED) is 0.269. The summed E-state index contributed by atoms with van der Waals surface area (Å²) in [6.45, 7) is 10.8. The second-order valence-electron chi connectivity index (χ2n) is 15.1. The molecule has 0 heterocycles. The number of ether oxygens (including phenoxy) is 1. The Bertz CT molecular complexity index is 1560. The van der Waals surface area contributed by atoms with Crippen molar-refractivity contribution in [3.63, 3.8) is 0 Å². The summed E-state index contributed by atoms with van der Waals surface area (Å²) >= 11 is 0.809. The van der Waals surface area contributed by atoms with Gasteiger partial charge in [0.1, 0.15) is 6.17 Å². The lowest BCUT2D eigenvalue weighted by Crippen LogP contribution is -2.70. The number of aliphatic hydroxyl groups excluding tert-OH is 1. The van der Waals surface area contributed by atoms with Crippen molar-refractivity contribution in [2.24, 2.45) is 34.5 Å². The van der Waals surface area contributed by atoms with Crippen LogP contribution in [0.5, 0.6) is 0 Å². The third-order valence-electron chi connectivity index (χ3n) is 12.5. The molecule has 46 heavy (non-hydrogen) atoms. The smallest absolute Gasteiger partial charge is 0.309 e. The first-order valence-corrected chi connectivity index (χ1v) is 17.5. The maximum absolute atomic E-state index is 17.8. The minimum atomic E-state index is -2.32. The molecule has 1 aromatic carbocycles. The molecule has 0 radical (unpaired) electrons. The molecule has 1 aromatic rings. The SMILES string of the molecule is Cc1cc(C)c(C(=O)CSC(=O)[C@@]2(OC(=O)C3CCC3)[C@H](C)C[C@H]3[C@@H]4C[C@H](F)C5=CC(=O)C=C[C@]5(C)[C@@]4(F)[C@@H](O)C[C@@]32C)c(C)c1. The van der Waals surface area contributed by atoms with Gasteiger partial charge in [-0.2, -0.15) is 0 Å². The molecule has 248 valence electrons. The van der Waals surface area contributed by atoms with Crippen molar-refractivity contribution < 1.29 is 37.8 Å². The van der Waals surface area contributed by atoms with E-state index in [0.717, 1.165) is 40.9 Å². The van der Waals surface area contributed by atoms with Crippen LogP contribution in [0.25, 0.3) is 0 Å². The summed E-state index contributed by atoms with van der Waals surface area (Å²) < 4.78 is 40.1. The molecule has 0 aromatic heterocycles. The number of hydrogen-bond donors (Lipinski definition) is 1. The molecule has 9 atom stereocenters. The Morgan fingerprint density at radius 1 is 1.07 bits per heavy atom. The van der Waals surface area contributed by atoms with Gasteiger partial charge in [-0.3, -0.25) is 19.2 Å². The number of esters is 1. The summed E-state index contributed by atoms with van der Waals surface area (Å²) in [5.41, 5.74) is -3.62. The molecule has 6 nitrogen and oxygen atoms in total. The number of allylic oxidation sites excluding steroid dienone is 4. The summed E-state index contributed by atoms with van der Waals surface area (Å²) in [5, 5.41) is 11.3. The van der Waals surface area contributed by atoms with Gasteiger partial charge < -0.3 is 9.84 Å². The van der Waals surface area contributed by atoms with Crippen LogP contribution in [-0.2, 0) is 19.1 Å². The average Bonchev–Trinajstić information content (AvgIpc) is 3.15. The topological polar surface area (TPSA) is 97.7 Å². The van der Waals surface area contributed by atoms with Crippen LogP contribution in [0.15, 0.2) is 35.9 Å². The molecule has 0 unspecified atom stereocenters. The monoisotopic (exact) mass is 654 g/mol. The van der Waals surface area contributed by atoms with Gasteiger partial charge in [-0.15, -0.1) is 0 Å². The van der Waals surface area contributed by atoms with E-state index in [1.54, 1.807) is 13.8 Å². The Balaban J connectivity index is 1.39. The molecule has 6 rings (SSSR count). The van der Waals surface area contributed by atoms with E-state index in [2.05, 4.69) is 0 Å². The van der Waals surface area contributed by atoms with Gasteiger partial charge in [0.25, 0.3) is 0 Å². The predicted molar refractivity (Wildman–Crippen MR) is 172 cm³/mol. The van der Waals surface area contributed by atoms with Crippen molar-refractivity contribution in [2.75, 3.05) is 5.75 Å². The van der Waals surface area contributed by atoms with Gasteiger partial charge in [0.05, 0.1) is 17.8 Å². The number of aryl methyl sites for hydroxylation is 3. The van der Waals surface area contributed by atoms with Crippen molar-refractivity contribution in [3.05, 3.63) is 58.2 Å². The van der Waals surface area contributed by atoms with Gasteiger partial charge in [-0.25, -0.2) is 8.78 Å². The summed E-state index contributed by atoms with van der Waals surface area (Å²) in [6.07, 6.45) is 2.50. The van der Waals surface area contributed by atoms with E-state index in [1.807, 2.05) is 32.9 Å². The van der Waals surface area contributed by atoms with Crippen molar-refractivity contribution in [1.29, 1.82) is 0 Å². The van der Waals surface area contributed by atoms with Crippen LogP contribution in [0.4, 0.5) is 8.78 Å². The van der Waals surface area contributed by atoms with E-state index >= 15 is 8.78 Å². The Kier molecular flexibility index (Phi) is 8.11. The Labute approximate surface area is 273 Å². The normalized spacial score (nSPS) is 39.9. The first-order valence-electron chi connectivity index (χ1n) is 16.5. The molecular formula is C37H44F2O6S. The molecule has 4 fully saturated rings. The fraction of sp³-hybridized carbons (Fsp3) is 0.622. The summed E-state index contributed by atoms with van der Waals surface area (Å²) in [5.74, 6) is -3.85. The second-order valence-corrected chi connectivity index (χ2v) is 16.0. The summed E-state index contributed by atoms with van der Waals surface area (Å²) in [7, 11) is 0. The van der Waals surface area contributed by atoms with E-state index in [9.17, 15) is 24.3 Å². The van der Waals surface area contributed by atoms with Gasteiger partial charge in [-0.05, 0) is 94.6 Å². The lowest BCUT2D eigenvalue weighted by Gasteiger charge is -2.63. The highest BCUT2D eigenvalue weighted by Crippen LogP contribution is 2.72. The summed E-state index contributed by atoms with van der Waals surface area (Å²) in [4.78, 5) is 53.9. The molecule has 0 spiro atoms. The van der Waals surface area contributed by atoms with Gasteiger partial charge in [0.15, 0.2) is 22.8 Å². The zero-order valence-corrected chi connectivity index (χ0v) is 28.3. The van der Waals surface area contributed by atoms with Crippen molar-refractivity contribution in [1.82, 2.24) is 0 Å². The zero-order valence-electron chi connectivity index (χ0n) is 27.5. The molecule has 9 heteroatoms. The lowest BCUT2D eigenvalue weighted by atomic mass is 9.44. The molecule has 5 aliphatic carbocycles. The number of carbonyl (C=O) groups is 4. The fourth-order valence-electron chi connectivity index (χ4n) is 10.0. The third kappa shape index (κ3) is 4.50. The Hall–Kier alpha value is -2.65. The third-order valence-corrected chi connectivity index (χ3v) is 13.4. The lowest BCUT2D eigenvalue weighted by molar-refractivity contribution is -0.230. The number of benzene rings is 1. The minimum absolute atomic E-state index is 0.0296. The van der Waals surface area contributed by atoms with Crippen LogP contribution < -0.4 is 0 Å². The maximum Gasteiger partial charge on any atom is 0.309 e. The number of alkyl halides is 2. The average molecular weight is 655 g/mol. The molecular weight excluding hydrogens is 610 g/mol. The number of ketones is 2. The highest BCUT2D eigenvalue weighted by atomic mass is 32.2. The van der Waals surface area contributed by atoms with Crippen LogP contribution in [0, 0.1) is 55.3 Å². The van der Waals surface area contributed by atoms with E-state index in [0.29, 0.717) is 18.4 Å². The first-order chi connectivity index (χ1) is 21.5. The number of aliphatic hydroxyl groups is 1. The molecule has 0 aliphatic heterocycles. The van der Waals surface area contributed by atoms with Crippen molar-refractivity contribution in [2.45, 2.75) is 104 Å². The maximum atomic E-state index is 17.8. The van der Waals surface area contributed by atoms with Crippen LogP contribution in [0.1, 0.15) is 86.3 Å². The number of rotatable bonds is 6. The van der Waals surface area contributed by atoms with Crippen LogP contribution >= 0.6 is 11.8 Å². The second kappa shape index (κ2) is 11.2. The number of thioether (sulfide) groups is 1. The first kappa shape index (κ1) is 33.3. The van der Waals surface area contributed by atoms with Gasteiger partial charge in [0.2, 0.25) is 5.12 Å². The highest BCUT2D eigenvalue weighted by Gasteiger charge is 2.78. The highest BCUT2D eigenvalue weighted by molar-refractivity contribution is 8.14. The fourth-order valence-corrected chi connectivity index (χ4v) is 11.1. The van der Waals surface area contributed by atoms with E-state index in [4.69, 9.17) is 4.74 Å². The molecule has 5 aliphatic rings. The van der Waals surface area contributed by atoms with Crippen LogP contribution in [-0.4, -0.2) is 57.1 Å². The molecule has 0 saturated heterocycles. The predicted octanol–water partition coefficient (Wildman–Crippen LogP) is 6.70. The van der Waals surface area contributed by atoms with E-state index < -0.39 is 69.0 Å². The minimum Gasteiger partial charge on any atom is -0.449 e. The molecule has 0 bridgehead atoms. The van der Waals surface area contributed by atoms with Gasteiger partial charge in [-0.1, -0.05) is 55.8 Å². The Morgan fingerprint density at radius 2 is 1.72 bits per heavy atom. The number of halogens is 2. The largest absolute Gasteiger partial charge is 0.449 e. The standard InChI is InChI=1S/C37H44F2O6S/c1-19-12-20(2)31(21(3)13-19)29(41)18-46-33(44)37(45-32(43)23-8-7-9-23)22(4)14-25-26-16-28(38)27-15-24(40)10-11-34(27,5)36(26,39)30(42)17-35(25,37)6/h10-13,15,22-23,25-26,28,30,42H,7-9,14,16-18H2,1-6H3/t22-,25+,26+,28+,30+,34+,35+,36+,37+/m1/s1. The molecule has 1 N–H and O–H groups in total. The van der Waals surface area contributed by atoms with Crippen LogP contribution in [0.3, 0.4) is 0 Å². The summed E-state index contributed by atoms with van der Waals surface area (Å²) in [6, 6.07) is 3.85. The molecule has 0 amide bonds. The van der Waals surface area contributed by atoms with Gasteiger partial charge in [0, 0.05) is 28.2 Å². The van der Waals surface area contributed by atoms with E-state index in [-0.39, 0.29) is 42.3 Å². The number of carbonyl (C=O) groups excluding carboxylic acids is 4. The molecule has 4 saturated carbocycles.